The number of anilines is 3. The van der Waals surface area contributed by atoms with Crippen molar-refractivity contribution in [2.75, 3.05) is 93.2 Å². The van der Waals surface area contributed by atoms with Gasteiger partial charge in [-0.25, -0.2) is 27.6 Å². The number of hydrogen-bond acceptors (Lipinski definition) is 16. The Morgan fingerprint density at radius 1 is 0.331 bits per heavy atom. The number of piperazine rings is 3. The molecular weight excluding hydrogens is 1950 g/mol. The van der Waals surface area contributed by atoms with Gasteiger partial charge in [-0.1, -0.05) is 139 Å². The van der Waals surface area contributed by atoms with Crippen molar-refractivity contribution in [2.45, 2.75) is 147 Å². The minimum absolute atomic E-state index is 0.0294. The molecular formula is C95H93BrF21N13O9. The largest absolute Gasteiger partial charge is 0.456 e. The van der Waals surface area contributed by atoms with Gasteiger partial charge in [-0.2, -0.15) is 79.0 Å². The van der Waals surface area contributed by atoms with E-state index < -0.39 is 165 Å². The zero-order valence-electron chi connectivity index (χ0n) is 74.9. The summed E-state index contributed by atoms with van der Waals surface area (Å²) < 4.78 is 302. The monoisotopic (exact) mass is 2040 g/mol. The lowest BCUT2D eigenvalue weighted by atomic mass is 10.0. The Morgan fingerprint density at radius 3 is 0.892 bits per heavy atom. The van der Waals surface area contributed by atoms with Gasteiger partial charge >= 0.3 is 54.1 Å². The first-order chi connectivity index (χ1) is 65.4. The highest BCUT2D eigenvalue weighted by Crippen LogP contribution is 2.40. The first kappa shape index (κ1) is 105. The molecule has 0 saturated carbocycles. The third-order valence-electron chi connectivity index (χ3n) is 24.0. The van der Waals surface area contributed by atoms with Gasteiger partial charge in [0.25, 0.3) is 16.7 Å². The van der Waals surface area contributed by atoms with Crippen molar-refractivity contribution in [3.8, 4) is 0 Å². The van der Waals surface area contributed by atoms with Crippen LogP contribution in [0.5, 0.6) is 0 Å². The number of nitrogens with zero attached hydrogens (tertiary/aromatic N) is 11. The van der Waals surface area contributed by atoms with Crippen LogP contribution in [0.2, 0.25) is 0 Å². The molecule has 15 rings (SSSR count). The molecule has 0 spiro atoms. The van der Waals surface area contributed by atoms with Crippen LogP contribution in [0.15, 0.2) is 224 Å². The Hall–Kier alpha value is -12.6. The lowest BCUT2D eigenvalue weighted by molar-refractivity contribution is -0.154. The molecule has 3 fully saturated rings. The quantitative estimate of drug-likeness (QED) is 0.0448. The summed E-state index contributed by atoms with van der Waals surface area (Å²) >= 11 is 2.98. The van der Waals surface area contributed by atoms with E-state index >= 15 is 0 Å². The summed E-state index contributed by atoms with van der Waals surface area (Å²) in [5.74, 6) is -6.59. The van der Waals surface area contributed by atoms with Crippen LogP contribution in [0, 0.1) is 38.2 Å². The van der Waals surface area contributed by atoms with Crippen molar-refractivity contribution < 1.29 is 105 Å². The normalized spacial score (nSPS) is 15.1. The number of halogens is 22. The van der Waals surface area contributed by atoms with Crippen molar-refractivity contribution in [3.63, 3.8) is 0 Å². The van der Waals surface area contributed by atoms with Gasteiger partial charge < -0.3 is 39.0 Å². The van der Waals surface area contributed by atoms with E-state index in [1.165, 1.54) is 39.0 Å². The van der Waals surface area contributed by atoms with E-state index in [0.29, 0.717) is 50.2 Å². The predicted octanol–water partition coefficient (Wildman–Crippen LogP) is 18.4. The molecule has 0 amide bonds. The van der Waals surface area contributed by atoms with Gasteiger partial charge in [-0.15, -0.1) is 0 Å². The van der Waals surface area contributed by atoms with Crippen molar-refractivity contribution in [1.29, 1.82) is 0 Å². The maximum atomic E-state index is 14.9. The van der Waals surface area contributed by atoms with E-state index in [-0.39, 0.29) is 135 Å². The molecule has 139 heavy (non-hydrogen) atoms. The standard InChI is InChI=1S/C32H31F7N4O3.C31H30F7N5O3.C26H28F4N4O2.C6H4BrF3O/c1-20(22-7-4-3-5-8-22)17-43-29(44)28(41-15-13-40(14-16-41)18-23-11-12-27(46-23)32(37,38)39)21(2)42(30(43)45)19-24-25(31(34,35)36)9-6-10-26(24)33;1-19-27(41-14-12-40(13-15-41)16-21-10-11-26(46-21)31(36,37)38)28(44)43(18-25(39)20-6-3-2-4-7-20)29(45)42(19)17-22-23(30(33,34)35)8-5-9-24(22)32;1-17(19-7-4-3-5-8-19)15-34-24(35)23(32-13-11-31-12-14-32)18(2)33(25(34)36)16-20-21(26(28,29)30)9-6-10-22(20)27;7-3-4-1-2-5(11-4)6(8,9)10/h3-12,20H,13-19H2,1-2H3;2-11,25H,12-18,39H2,1H3;3-10,17,31H,11-16H2,1-2H3;1-2H,3H2/t20-;25-;17-;/m000./s1. The Bertz CT molecular complexity index is 6370. The maximum Gasteiger partial charge on any atom is 0.449 e. The highest BCUT2D eigenvalue weighted by molar-refractivity contribution is 9.08. The molecule has 3 aliphatic heterocycles. The number of alkyl halides is 19. The van der Waals surface area contributed by atoms with Crippen LogP contribution in [-0.4, -0.2) is 116 Å². The molecule has 3 atom stereocenters. The lowest BCUT2D eigenvalue weighted by Gasteiger charge is -2.36. The van der Waals surface area contributed by atoms with Crippen molar-refractivity contribution in [2.24, 2.45) is 5.73 Å². The number of aromatic nitrogens is 6. The fourth-order valence-electron chi connectivity index (χ4n) is 16.7. The van der Waals surface area contributed by atoms with Crippen LogP contribution in [0.1, 0.15) is 133 Å². The second kappa shape index (κ2) is 43.9. The molecule has 3 saturated heterocycles. The van der Waals surface area contributed by atoms with Gasteiger partial charge in [-0.05, 0) is 122 Å². The van der Waals surface area contributed by atoms with E-state index in [9.17, 15) is 121 Å². The Kier molecular flexibility index (Phi) is 33.2. The molecule has 3 aliphatic rings. The molecule has 0 aliphatic carbocycles. The fraction of sp³-hybridized carbons (Fsp3) is 0.368. The molecule has 6 aromatic heterocycles. The number of nitrogens with two attached hydrogens (primary N) is 1. The average molecular weight is 2040 g/mol. The molecule has 3 N–H and O–H groups in total. The van der Waals surface area contributed by atoms with Crippen molar-refractivity contribution >= 4 is 33.0 Å². The molecule has 9 heterocycles. The minimum Gasteiger partial charge on any atom is -0.456 e. The van der Waals surface area contributed by atoms with Crippen LogP contribution < -0.4 is 59.5 Å². The number of furan rings is 3. The summed E-state index contributed by atoms with van der Waals surface area (Å²) in [5, 5.41) is 3.49. The minimum atomic E-state index is -4.91. The second-order valence-corrected chi connectivity index (χ2v) is 33.8. The van der Waals surface area contributed by atoms with Crippen LogP contribution in [0.25, 0.3) is 0 Å². The molecule has 0 radical (unpaired) electrons. The van der Waals surface area contributed by atoms with Gasteiger partial charge in [0.15, 0.2) is 0 Å². The van der Waals surface area contributed by atoms with Gasteiger partial charge in [0.05, 0.1) is 61.3 Å². The average Bonchev–Trinajstić information content (AvgIpc) is 1.06. The number of nitrogens with one attached hydrogen (secondary N) is 1. The summed E-state index contributed by atoms with van der Waals surface area (Å²) in [6, 6.07) is 40.4. The smallest absolute Gasteiger partial charge is 0.449 e. The van der Waals surface area contributed by atoms with Crippen LogP contribution in [-0.2, 0) is 94.7 Å². The van der Waals surface area contributed by atoms with E-state index in [0.717, 1.165) is 111 Å². The SMILES string of the molecule is Cc1c(N2CCN(Cc3ccc(C(F)(F)F)o3)CC2)c(=O)n(C[C@H](C)c2ccccc2)c(=O)n1Cc1c(F)cccc1C(F)(F)F.Cc1c(N2CCN(Cc3ccc(C(F)(F)F)o3)CC2)c(=O)n(C[C@H](N)c2ccccc2)c(=O)n1Cc1c(F)cccc1C(F)(F)F.Cc1c(N2CCNCC2)c(=O)n(C[C@H](C)c2ccccc2)c(=O)n1Cc1c(F)cccc1C(F)(F)F.FC(F)(F)c1ccc(CBr)o1. The Morgan fingerprint density at radius 2 is 0.612 bits per heavy atom. The van der Waals surface area contributed by atoms with E-state index in [2.05, 4.69) is 25.7 Å². The van der Waals surface area contributed by atoms with E-state index in [1.807, 2.05) is 70.2 Å². The van der Waals surface area contributed by atoms with Crippen LogP contribution in [0.3, 0.4) is 0 Å². The molecule has 22 nitrogen and oxygen atoms in total. The molecule has 0 bridgehead atoms. The zero-order valence-corrected chi connectivity index (χ0v) is 76.5. The summed E-state index contributed by atoms with van der Waals surface area (Å²) in [7, 11) is 0. The molecule has 746 valence electrons. The highest BCUT2D eigenvalue weighted by Gasteiger charge is 2.42. The van der Waals surface area contributed by atoms with Crippen LogP contribution >= 0.6 is 15.9 Å². The third kappa shape index (κ3) is 25.4. The summed E-state index contributed by atoms with van der Waals surface area (Å²) in [6.07, 6.45) is -28.2. The number of hydrogen-bond donors (Lipinski definition) is 2. The second-order valence-electron chi connectivity index (χ2n) is 33.3. The molecule has 44 heteroatoms. The Balaban J connectivity index is 0.000000178. The Labute approximate surface area is 787 Å². The fourth-order valence-corrected chi connectivity index (χ4v) is 17.0. The first-order valence-corrected chi connectivity index (χ1v) is 44.5. The van der Waals surface area contributed by atoms with Gasteiger partial charge in [0.2, 0.25) is 17.3 Å². The van der Waals surface area contributed by atoms with Gasteiger partial charge in [0, 0.05) is 131 Å². The number of benzene rings is 6. The van der Waals surface area contributed by atoms with E-state index in [4.69, 9.17) is 14.6 Å². The third-order valence-corrected chi connectivity index (χ3v) is 24.5. The maximum absolute atomic E-state index is 14.9. The molecule has 0 unspecified atom stereocenters. The molecule has 6 aromatic carbocycles. The van der Waals surface area contributed by atoms with Crippen LogP contribution in [0.4, 0.5) is 109 Å². The number of rotatable bonds is 23. The van der Waals surface area contributed by atoms with Crippen molar-refractivity contribution in [1.82, 2.24) is 42.5 Å². The zero-order chi connectivity index (χ0) is 101. The summed E-state index contributed by atoms with van der Waals surface area (Å²) in [5.41, 5.74) is -0.816. The van der Waals surface area contributed by atoms with Crippen molar-refractivity contribution in [3.05, 3.63) is 364 Å². The van der Waals surface area contributed by atoms with E-state index in [1.54, 1.807) is 59.2 Å². The summed E-state index contributed by atoms with van der Waals surface area (Å²) in [6.45, 7) is 9.89. The topological polar surface area (TPSA) is 226 Å². The molecule has 12 aromatic rings. The highest BCUT2D eigenvalue weighted by atomic mass is 79.9. The predicted molar refractivity (Wildman–Crippen MR) is 478 cm³/mol. The first-order valence-electron chi connectivity index (χ1n) is 43.3. The lowest BCUT2D eigenvalue weighted by Crippen LogP contribution is -2.51. The summed E-state index contributed by atoms with van der Waals surface area (Å²) in [4.78, 5) is 91.5. The van der Waals surface area contributed by atoms with Gasteiger partial charge in [0.1, 0.15) is 51.8 Å². The van der Waals surface area contributed by atoms with Gasteiger partial charge in [-0.3, -0.25) is 51.6 Å².